The Labute approximate surface area is 530 Å². The van der Waals surface area contributed by atoms with Crippen molar-refractivity contribution in [3.05, 3.63) is 83.4 Å². The summed E-state index contributed by atoms with van der Waals surface area (Å²) in [5.41, 5.74) is 8.45. The number of carbonyl (C=O) groups excluding carboxylic acids is 11. The number of carboxylic acid groups (broad SMARTS) is 3. The molecule has 93 heavy (non-hydrogen) atoms. The molecule has 17 N–H and O–H groups in total. The maximum absolute atomic E-state index is 14.1. The highest BCUT2D eigenvalue weighted by molar-refractivity contribution is 7.85. The van der Waals surface area contributed by atoms with Gasteiger partial charge in [0.2, 0.25) is 47.3 Å². The average molecular weight is 1320 g/mol. The number of rotatable bonds is 18. The number of para-hydroxylation sites is 1. The first kappa shape index (κ1) is 73.6. The van der Waals surface area contributed by atoms with E-state index in [9.17, 15) is 101 Å². The van der Waals surface area contributed by atoms with Crippen LogP contribution >= 0.6 is 0 Å². The third-order valence-electron chi connectivity index (χ3n) is 14.5. The number of carbonyl (C=O) groups is 14. The largest absolute Gasteiger partial charge is 0.481 e. The quantitative estimate of drug-likeness (QED) is 0.0197. The van der Waals surface area contributed by atoms with Gasteiger partial charge in [-0.1, -0.05) is 49.4 Å². The molecule has 0 saturated carbocycles. The summed E-state index contributed by atoms with van der Waals surface area (Å²) in [7, 11) is -4.60. The number of nitrogen functional groups attached to an aromatic ring is 1. The normalized spacial score (nSPS) is 23.1. The van der Waals surface area contributed by atoms with Crippen LogP contribution in [0.25, 0.3) is 11.1 Å². The first-order chi connectivity index (χ1) is 43.9. The highest BCUT2D eigenvalue weighted by Crippen LogP contribution is 2.45. The Bertz CT molecular complexity index is 3460. The molecule has 3 aromatic carbocycles. The Morgan fingerprint density at radius 3 is 1.94 bits per heavy atom. The SMILES string of the molecule is CC1CC(=O)NCCNC(CCCNC(=O)OCC2c3ccccc3-c3ccc(S(=O)(=O)O)cc32)C(=O)NC(CC(=O)O)C(=O)NC(C)C(=O)NC(CC(=O)O)C(=O)NCC(=O)NC(CO)C(=O)NC(C(C)CC(=O)O)C(=O)NC(CC(=O)c2ccccc2N)C(=O)O1. The van der Waals surface area contributed by atoms with E-state index in [-0.39, 0.29) is 55.2 Å². The summed E-state index contributed by atoms with van der Waals surface area (Å²) in [6, 6.07) is 3.97. The Balaban J connectivity index is 1.39. The lowest BCUT2D eigenvalue weighted by Gasteiger charge is -2.28. The van der Waals surface area contributed by atoms with Crippen molar-refractivity contribution in [3.63, 3.8) is 0 Å². The molecule has 504 valence electrons. The number of fused-ring (bicyclic) bond motifs is 3. The van der Waals surface area contributed by atoms with Crippen molar-refractivity contribution in [2.75, 3.05) is 45.1 Å². The molecule has 0 radical (unpaired) electrons. The number of esters is 1. The minimum absolute atomic E-state index is 0.0285. The Hall–Kier alpha value is -10.1. The maximum Gasteiger partial charge on any atom is 0.407 e. The topological polar surface area (TPSA) is 539 Å². The van der Waals surface area contributed by atoms with Gasteiger partial charge in [0.15, 0.2) is 5.78 Å². The van der Waals surface area contributed by atoms with Crippen LogP contribution in [0.3, 0.4) is 0 Å². The van der Waals surface area contributed by atoms with Gasteiger partial charge in [0.05, 0.1) is 49.8 Å². The molecule has 9 amide bonds. The van der Waals surface area contributed by atoms with Crippen molar-refractivity contribution >= 4 is 98.8 Å². The fourth-order valence-electron chi connectivity index (χ4n) is 9.83. The van der Waals surface area contributed by atoms with Crippen LogP contribution in [0.4, 0.5) is 10.5 Å². The van der Waals surface area contributed by atoms with Crippen LogP contribution in [0.1, 0.15) is 93.1 Å². The van der Waals surface area contributed by atoms with Crippen molar-refractivity contribution in [3.8, 4) is 11.1 Å². The van der Waals surface area contributed by atoms with E-state index >= 15 is 0 Å². The third kappa shape index (κ3) is 22.3. The first-order valence-corrected chi connectivity index (χ1v) is 30.4. The number of benzene rings is 3. The fourth-order valence-corrected chi connectivity index (χ4v) is 10.3. The summed E-state index contributed by atoms with van der Waals surface area (Å²) in [6.45, 7) is 0.284. The number of ketones is 1. The zero-order valence-electron chi connectivity index (χ0n) is 50.4. The van der Waals surface area contributed by atoms with Crippen molar-refractivity contribution in [2.24, 2.45) is 5.92 Å². The van der Waals surface area contributed by atoms with Crippen molar-refractivity contribution in [2.45, 2.75) is 125 Å². The van der Waals surface area contributed by atoms with Crippen molar-refractivity contribution in [1.29, 1.82) is 0 Å². The van der Waals surface area contributed by atoms with E-state index in [4.69, 9.17) is 15.2 Å². The number of cyclic esters (lactones) is 1. The van der Waals surface area contributed by atoms with E-state index in [0.29, 0.717) is 16.7 Å². The average Bonchev–Trinajstić information content (AvgIpc) is 1.61. The second-order valence-electron chi connectivity index (χ2n) is 21.7. The van der Waals surface area contributed by atoms with Gasteiger partial charge < -0.3 is 88.8 Å². The second kappa shape index (κ2) is 34.3. The molecule has 1 aliphatic heterocycles. The number of carboxylic acids is 3. The minimum atomic E-state index is -4.60. The number of ether oxygens (including phenoxy) is 2. The smallest absolute Gasteiger partial charge is 0.407 e. The van der Waals surface area contributed by atoms with E-state index in [1.54, 1.807) is 24.3 Å². The summed E-state index contributed by atoms with van der Waals surface area (Å²) >= 11 is 0. The van der Waals surface area contributed by atoms with E-state index in [1.807, 2.05) is 5.32 Å². The van der Waals surface area contributed by atoms with Gasteiger partial charge in [-0.3, -0.25) is 62.1 Å². The van der Waals surface area contributed by atoms with E-state index in [2.05, 4.69) is 47.9 Å². The molecule has 5 rings (SSSR count). The first-order valence-electron chi connectivity index (χ1n) is 28.9. The van der Waals surface area contributed by atoms with Crippen LogP contribution in [-0.2, 0) is 77.1 Å². The van der Waals surface area contributed by atoms with Gasteiger partial charge in [-0.2, -0.15) is 8.42 Å². The number of anilines is 1. The predicted molar refractivity (Wildman–Crippen MR) is 320 cm³/mol. The molecule has 0 spiro atoms. The highest BCUT2D eigenvalue weighted by Gasteiger charge is 2.38. The Kier molecular flexibility index (Phi) is 27.2. The van der Waals surface area contributed by atoms with Gasteiger partial charge in [0.25, 0.3) is 10.1 Å². The third-order valence-corrected chi connectivity index (χ3v) is 15.4. The van der Waals surface area contributed by atoms with Gasteiger partial charge in [-0.15, -0.1) is 0 Å². The Morgan fingerprint density at radius 1 is 0.667 bits per heavy atom. The lowest BCUT2D eigenvalue weighted by molar-refractivity contribution is -0.154. The van der Waals surface area contributed by atoms with E-state index in [1.165, 1.54) is 56.3 Å². The summed E-state index contributed by atoms with van der Waals surface area (Å²) < 4.78 is 44.8. The number of hydrogen-bond donors (Lipinski definition) is 16. The zero-order chi connectivity index (χ0) is 68.9. The molecular formula is C58H73N11O23S. The van der Waals surface area contributed by atoms with Gasteiger partial charge in [-0.05, 0) is 79.1 Å². The monoisotopic (exact) mass is 1320 g/mol. The molecular weight excluding hydrogens is 1250 g/mol. The second-order valence-corrected chi connectivity index (χ2v) is 23.2. The molecule has 2 aliphatic rings. The van der Waals surface area contributed by atoms with Crippen LogP contribution in [0.5, 0.6) is 0 Å². The highest BCUT2D eigenvalue weighted by atomic mass is 32.2. The van der Waals surface area contributed by atoms with Crippen LogP contribution in [0.15, 0.2) is 71.6 Å². The van der Waals surface area contributed by atoms with Crippen LogP contribution in [0, 0.1) is 5.92 Å². The predicted octanol–water partition coefficient (Wildman–Crippen LogP) is -3.09. The van der Waals surface area contributed by atoms with Crippen molar-refractivity contribution < 1.29 is 110 Å². The Morgan fingerprint density at radius 2 is 1.28 bits per heavy atom. The van der Waals surface area contributed by atoms with Gasteiger partial charge in [0.1, 0.15) is 49.0 Å². The molecule has 35 heteroatoms. The summed E-state index contributed by atoms with van der Waals surface area (Å²) in [5.74, 6) is -18.3. The summed E-state index contributed by atoms with van der Waals surface area (Å²) in [6.07, 6.45) is -6.93. The number of aliphatic carboxylic acids is 3. The molecule has 1 heterocycles. The van der Waals surface area contributed by atoms with Crippen molar-refractivity contribution in [1.82, 2.24) is 53.2 Å². The van der Waals surface area contributed by atoms with E-state index < -0.39 is 199 Å². The molecule has 1 saturated heterocycles. The molecule has 1 fully saturated rings. The minimum Gasteiger partial charge on any atom is -0.481 e. The number of Topliss-reactive ketones (excluding diaryl/α,β-unsaturated/α-hetero) is 1. The van der Waals surface area contributed by atoms with Crippen LogP contribution < -0.4 is 58.9 Å². The molecule has 34 nitrogen and oxygen atoms in total. The fraction of sp³-hybridized carbons (Fsp3) is 0.448. The molecule has 10 atom stereocenters. The lowest BCUT2D eigenvalue weighted by atomic mass is 9.96. The number of aliphatic hydroxyl groups excluding tert-OH is 1. The molecule has 10 unspecified atom stereocenters. The lowest BCUT2D eigenvalue weighted by Crippen LogP contribution is -2.60. The summed E-state index contributed by atoms with van der Waals surface area (Å²) in [5, 5.41) is 62.3. The standard InChI is InChI=1S/C58H73N11O23S/c1-28(19-47(74)75)50-56(85)68-42(22-44(71)35-11-6-7-12-38(35)59)57(86)92-29(2)20-45(72)61-18-17-60-39(13-8-16-62-58(87)91-27-37-33-10-5-4-9-32(33)34-15-14-31(21-36(34)37)93(88,89)90)53(82)67-41(24-49(78)79)54(83)64-30(3)51(80)66-40(23-48(76)77)52(81)63-25-46(73)65-43(26-70)55(84)69-50/h4-7,9-12,14-15,21,28-30,37,39-43,50,60,70H,8,13,16-20,22-27,59H2,1-3H3,(H,61,72)(H,62,87)(H,63,81)(H,64,83)(H,65,73)(H,66,80)(H,67,82)(H,68,85)(H,69,84)(H,74,75)(H,76,77)(H,78,79)(H,88,89,90). The van der Waals surface area contributed by atoms with E-state index in [0.717, 1.165) is 12.5 Å². The number of hydrogen-bond acceptors (Lipinski definition) is 21. The number of nitrogens with two attached hydrogens (primary N) is 1. The number of alkyl carbamates (subject to hydrolysis) is 1. The summed E-state index contributed by atoms with van der Waals surface area (Å²) in [4.78, 5) is 185. The number of amides is 9. The number of aliphatic hydroxyl groups is 1. The van der Waals surface area contributed by atoms with Gasteiger partial charge >= 0.3 is 30.0 Å². The molecule has 0 aromatic heterocycles. The van der Waals surface area contributed by atoms with Crippen LogP contribution in [-0.4, -0.2) is 204 Å². The molecule has 3 aromatic rings. The number of nitrogens with one attached hydrogen (secondary N) is 10. The molecule has 1 aliphatic carbocycles. The van der Waals surface area contributed by atoms with Gasteiger partial charge in [0, 0.05) is 43.2 Å². The van der Waals surface area contributed by atoms with Crippen LogP contribution in [0.2, 0.25) is 0 Å². The zero-order valence-corrected chi connectivity index (χ0v) is 51.2. The molecule has 0 bridgehead atoms. The van der Waals surface area contributed by atoms with Gasteiger partial charge in [-0.25, -0.2) is 9.59 Å². The maximum atomic E-state index is 14.1.